The van der Waals surface area contributed by atoms with E-state index >= 15 is 0 Å². The van der Waals surface area contributed by atoms with Crippen molar-refractivity contribution in [2.75, 3.05) is 13.3 Å². The minimum atomic E-state index is -1.61. The summed E-state index contributed by atoms with van der Waals surface area (Å²) in [5.41, 5.74) is -1.48. The van der Waals surface area contributed by atoms with E-state index in [0.717, 1.165) is 0 Å². The SMILES string of the molecule is CC(C)(C)S(=O)NC(CF)(CCO)c1cc(Br)ccc1F. The Morgan fingerprint density at radius 3 is 2.48 bits per heavy atom. The highest BCUT2D eigenvalue weighted by Crippen LogP contribution is 2.32. The summed E-state index contributed by atoms with van der Waals surface area (Å²) in [5, 5.41) is 9.23. The largest absolute Gasteiger partial charge is 0.396 e. The molecule has 0 saturated carbocycles. The van der Waals surface area contributed by atoms with Crippen molar-refractivity contribution in [3.8, 4) is 0 Å². The summed E-state index contributed by atoms with van der Waals surface area (Å²) in [4.78, 5) is 0. The van der Waals surface area contributed by atoms with E-state index in [2.05, 4.69) is 20.7 Å². The van der Waals surface area contributed by atoms with Crippen LogP contribution in [0.15, 0.2) is 22.7 Å². The molecule has 1 aromatic carbocycles. The van der Waals surface area contributed by atoms with Gasteiger partial charge in [0.2, 0.25) is 0 Å². The summed E-state index contributed by atoms with van der Waals surface area (Å²) < 4.78 is 42.8. The summed E-state index contributed by atoms with van der Waals surface area (Å²) in [6.45, 7) is 3.85. The number of hydrogen-bond acceptors (Lipinski definition) is 2. The number of nitrogens with one attached hydrogen (secondary N) is 1. The standard InChI is InChI=1S/C14H20BrF2NO2S/c1-13(2,3)21(20)18-14(9-16,6-7-19)11-8-10(15)4-5-12(11)17/h4-5,8,18-19H,6-7,9H2,1-3H3. The van der Waals surface area contributed by atoms with E-state index in [1.165, 1.54) is 18.2 Å². The number of aliphatic hydroxyl groups is 1. The van der Waals surface area contributed by atoms with Crippen molar-refractivity contribution in [1.29, 1.82) is 0 Å². The van der Waals surface area contributed by atoms with Gasteiger partial charge in [0.1, 0.15) is 12.5 Å². The maximum absolute atomic E-state index is 14.1. The molecule has 0 spiro atoms. The zero-order valence-electron chi connectivity index (χ0n) is 12.3. The molecule has 1 rings (SSSR count). The van der Waals surface area contributed by atoms with E-state index in [0.29, 0.717) is 4.47 Å². The topological polar surface area (TPSA) is 49.3 Å². The van der Waals surface area contributed by atoms with Crippen molar-refractivity contribution in [2.24, 2.45) is 0 Å². The Balaban J connectivity index is 3.32. The third-order valence-corrected chi connectivity index (χ3v) is 5.24. The van der Waals surface area contributed by atoms with Gasteiger partial charge < -0.3 is 5.11 Å². The van der Waals surface area contributed by atoms with E-state index in [4.69, 9.17) is 0 Å². The summed E-state index contributed by atoms with van der Waals surface area (Å²) >= 11 is 3.22. The monoisotopic (exact) mass is 383 g/mol. The maximum Gasteiger partial charge on any atom is 0.128 e. The van der Waals surface area contributed by atoms with Crippen molar-refractivity contribution in [1.82, 2.24) is 4.72 Å². The predicted molar refractivity (Wildman–Crippen MR) is 84.5 cm³/mol. The molecule has 120 valence electrons. The Hall–Kier alpha value is -0.370. The van der Waals surface area contributed by atoms with E-state index < -0.39 is 33.8 Å². The minimum absolute atomic E-state index is 0.0472. The van der Waals surface area contributed by atoms with Crippen LogP contribution in [-0.2, 0) is 16.5 Å². The van der Waals surface area contributed by atoms with Gasteiger partial charge in [0.25, 0.3) is 0 Å². The van der Waals surface area contributed by atoms with Crippen molar-refractivity contribution in [3.63, 3.8) is 0 Å². The number of halogens is 3. The molecule has 2 atom stereocenters. The molecule has 0 radical (unpaired) electrons. The van der Waals surface area contributed by atoms with Crippen LogP contribution in [0.2, 0.25) is 0 Å². The highest BCUT2D eigenvalue weighted by Gasteiger charge is 2.38. The van der Waals surface area contributed by atoms with E-state index in [-0.39, 0.29) is 18.6 Å². The Labute approximate surface area is 134 Å². The maximum atomic E-state index is 14.1. The third-order valence-electron chi connectivity index (χ3n) is 3.05. The highest BCUT2D eigenvalue weighted by atomic mass is 79.9. The Bertz CT molecular complexity index is 522. The number of hydrogen-bond donors (Lipinski definition) is 2. The van der Waals surface area contributed by atoms with Crippen molar-refractivity contribution < 1.29 is 18.1 Å². The van der Waals surface area contributed by atoms with Gasteiger partial charge >= 0.3 is 0 Å². The van der Waals surface area contributed by atoms with E-state index in [1.807, 2.05) is 0 Å². The predicted octanol–water partition coefficient (Wildman–Crippen LogP) is 3.19. The van der Waals surface area contributed by atoms with Gasteiger partial charge in [0, 0.05) is 16.6 Å². The van der Waals surface area contributed by atoms with E-state index in [9.17, 15) is 18.1 Å². The molecule has 2 unspecified atom stereocenters. The first-order valence-electron chi connectivity index (χ1n) is 6.48. The van der Waals surface area contributed by atoms with Crippen LogP contribution in [0.5, 0.6) is 0 Å². The fourth-order valence-electron chi connectivity index (χ4n) is 1.79. The first-order valence-corrected chi connectivity index (χ1v) is 8.42. The quantitative estimate of drug-likeness (QED) is 0.792. The molecule has 0 fully saturated rings. The van der Waals surface area contributed by atoms with Crippen LogP contribution in [0.3, 0.4) is 0 Å². The van der Waals surface area contributed by atoms with Gasteiger partial charge in [-0.1, -0.05) is 15.9 Å². The van der Waals surface area contributed by atoms with Crippen LogP contribution in [0.25, 0.3) is 0 Å². The Morgan fingerprint density at radius 1 is 1.38 bits per heavy atom. The molecule has 1 aromatic rings. The van der Waals surface area contributed by atoms with Crippen molar-refractivity contribution in [2.45, 2.75) is 37.5 Å². The van der Waals surface area contributed by atoms with Gasteiger partial charge in [-0.15, -0.1) is 0 Å². The second-order valence-electron chi connectivity index (χ2n) is 5.80. The van der Waals surface area contributed by atoms with Gasteiger partial charge in [0.15, 0.2) is 0 Å². The molecule has 0 bridgehead atoms. The average molecular weight is 384 g/mol. The van der Waals surface area contributed by atoms with Crippen LogP contribution in [0, 0.1) is 5.82 Å². The van der Waals surface area contributed by atoms with Crippen LogP contribution in [0.4, 0.5) is 8.78 Å². The van der Waals surface area contributed by atoms with Crippen LogP contribution < -0.4 is 4.72 Å². The number of alkyl halides is 1. The summed E-state index contributed by atoms with van der Waals surface area (Å²) in [5.74, 6) is -0.609. The zero-order valence-corrected chi connectivity index (χ0v) is 14.7. The lowest BCUT2D eigenvalue weighted by Crippen LogP contribution is -2.50. The molecular weight excluding hydrogens is 364 g/mol. The normalized spacial score (nSPS) is 16.5. The Kier molecular flexibility index (Phi) is 6.46. The third kappa shape index (κ3) is 4.55. The molecule has 0 amide bonds. The first-order chi connectivity index (χ1) is 9.66. The summed E-state index contributed by atoms with van der Waals surface area (Å²) in [6.07, 6.45) is -0.0846. The molecule has 0 aliphatic heterocycles. The molecule has 0 aliphatic carbocycles. The molecule has 0 aliphatic rings. The molecule has 0 saturated heterocycles. The molecule has 3 nitrogen and oxygen atoms in total. The fraction of sp³-hybridized carbons (Fsp3) is 0.571. The lowest BCUT2D eigenvalue weighted by Gasteiger charge is -2.34. The van der Waals surface area contributed by atoms with Gasteiger partial charge in [-0.25, -0.2) is 17.7 Å². The van der Waals surface area contributed by atoms with Gasteiger partial charge in [-0.2, -0.15) is 0 Å². The molecular formula is C14H20BrF2NO2S. The summed E-state index contributed by atoms with van der Waals surface area (Å²) in [6, 6.07) is 4.15. The molecule has 0 heterocycles. The zero-order chi connectivity index (χ0) is 16.3. The molecule has 2 N–H and O–H groups in total. The minimum Gasteiger partial charge on any atom is -0.396 e. The van der Waals surface area contributed by atoms with Crippen molar-refractivity contribution >= 4 is 26.9 Å². The average Bonchev–Trinajstić information content (AvgIpc) is 2.39. The summed E-state index contributed by atoms with van der Waals surface area (Å²) in [7, 11) is -1.61. The second kappa shape index (κ2) is 7.26. The number of rotatable bonds is 6. The molecule has 7 heteroatoms. The number of benzene rings is 1. The second-order valence-corrected chi connectivity index (χ2v) is 8.68. The van der Waals surface area contributed by atoms with Crippen LogP contribution >= 0.6 is 15.9 Å². The van der Waals surface area contributed by atoms with Gasteiger partial charge in [-0.05, 0) is 45.4 Å². The van der Waals surface area contributed by atoms with Gasteiger partial charge in [-0.3, -0.25) is 0 Å². The Morgan fingerprint density at radius 2 is 2.00 bits per heavy atom. The first kappa shape index (κ1) is 18.7. The molecule has 21 heavy (non-hydrogen) atoms. The molecule has 0 aromatic heterocycles. The van der Waals surface area contributed by atoms with Crippen molar-refractivity contribution in [3.05, 3.63) is 34.1 Å². The lowest BCUT2D eigenvalue weighted by molar-refractivity contribution is 0.193. The fourth-order valence-corrected chi connectivity index (χ4v) is 3.08. The highest BCUT2D eigenvalue weighted by molar-refractivity contribution is 9.10. The van der Waals surface area contributed by atoms with Crippen LogP contribution in [0.1, 0.15) is 32.8 Å². The lowest BCUT2D eigenvalue weighted by atomic mass is 9.89. The smallest absolute Gasteiger partial charge is 0.128 e. The van der Waals surface area contributed by atoms with E-state index in [1.54, 1.807) is 20.8 Å². The van der Waals surface area contributed by atoms with Gasteiger partial charge in [0.05, 0.1) is 21.3 Å². The van der Waals surface area contributed by atoms with Crippen LogP contribution in [-0.4, -0.2) is 27.3 Å². The number of aliphatic hydroxyl groups excluding tert-OH is 1.